The number of carbonyl (C=O) groups is 1. The van der Waals surface area contributed by atoms with Crippen LogP contribution in [0.3, 0.4) is 0 Å². The van der Waals surface area contributed by atoms with Crippen molar-refractivity contribution in [2.45, 2.75) is 0 Å². The first-order chi connectivity index (χ1) is 10.8. The Morgan fingerprint density at radius 3 is 1.45 bits per heavy atom. The second-order valence-electron chi connectivity index (χ2n) is 5.05. The molecule has 3 heteroatoms. The van der Waals surface area contributed by atoms with Crippen LogP contribution in [-0.4, -0.2) is 14.7 Å². The molecule has 2 nitrogen and oxygen atoms in total. The Bertz CT molecular complexity index is 715. The number of hydrogen-bond acceptors (Lipinski definition) is 1. The van der Waals surface area contributed by atoms with Gasteiger partial charge in [0.1, 0.15) is 0 Å². The van der Waals surface area contributed by atoms with Crippen LogP contribution >= 0.6 is 0 Å². The van der Waals surface area contributed by atoms with E-state index in [9.17, 15) is 4.79 Å². The van der Waals surface area contributed by atoms with Gasteiger partial charge in [-0.15, -0.1) is 0 Å². The van der Waals surface area contributed by atoms with Crippen molar-refractivity contribution in [2.24, 2.45) is 5.73 Å². The van der Waals surface area contributed by atoms with Gasteiger partial charge in [-0.3, -0.25) is 4.79 Å². The summed E-state index contributed by atoms with van der Waals surface area (Å²) in [6, 6.07) is 28.7. The van der Waals surface area contributed by atoms with Gasteiger partial charge >= 0.3 is 0 Å². The summed E-state index contributed by atoms with van der Waals surface area (Å²) in [5.74, 6) is -0.389. The molecule has 0 spiro atoms. The highest BCUT2D eigenvalue weighted by Crippen LogP contribution is 1.99. The first-order valence-corrected chi connectivity index (χ1v) is 8.64. The zero-order chi connectivity index (χ0) is 15.4. The van der Waals surface area contributed by atoms with E-state index in [1.807, 2.05) is 36.4 Å². The Morgan fingerprint density at radius 1 is 0.636 bits per heavy atom. The first kappa shape index (κ1) is 14.3. The number of carbonyl (C=O) groups excluding carboxylic acids is 1. The quantitative estimate of drug-likeness (QED) is 0.573. The van der Waals surface area contributed by atoms with Crippen molar-refractivity contribution >= 4 is 30.3 Å². The van der Waals surface area contributed by atoms with E-state index in [1.54, 1.807) is 0 Å². The number of amides is 1. The Morgan fingerprint density at radius 2 is 1.05 bits per heavy atom. The van der Waals surface area contributed by atoms with Crippen molar-refractivity contribution < 1.29 is 4.79 Å². The van der Waals surface area contributed by atoms with Crippen LogP contribution in [0.25, 0.3) is 0 Å². The number of rotatable bonds is 4. The highest BCUT2D eigenvalue weighted by Gasteiger charge is 2.19. The maximum Gasteiger partial charge on any atom is 0.248 e. The predicted octanol–water partition coefficient (Wildman–Crippen LogP) is 1.30. The Balaban J connectivity index is 2.08. The van der Waals surface area contributed by atoms with Crippen LogP contribution in [0.1, 0.15) is 10.4 Å². The predicted molar refractivity (Wildman–Crippen MR) is 92.5 cm³/mol. The van der Waals surface area contributed by atoms with Crippen LogP contribution in [0, 0.1) is 0 Å². The number of primary amides is 1. The van der Waals surface area contributed by atoms with Gasteiger partial charge < -0.3 is 5.73 Å². The summed E-state index contributed by atoms with van der Waals surface area (Å²) in [5, 5.41) is 3.89. The lowest BCUT2D eigenvalue weighted by Gasteiger charge is -2.16. The molecule has 0 saturated heterocycles. The van der Waals surface area contributed by atoms with E-state index in [0.717, 1.165) is 0 Å². The van der Waals surface area contributed by atoms with Crippen LogP contribution < -0.4 is 21.3 Å². The minimum absolute atomic E-state index is 0.389. The number of benzene rings is 3. The molecule has 0 bridgehead atoms. The van der Waals surface area contributed by atoms with Gasteiger partial charge in [-0.05, 0) is 12.1 Å². The van der Waals surface area contributed by atoms with Crippen LogP contribution in [-0.2, 0) is 0 Å². The average Bonchev–Trinajstić information content (AvgIpc) is 2.57. The first-order valence-electron chi connectivity index (χ1n) is 7.14. The summed E-state index contributed by atoms with van der Waals surface area (Å²) in [6.45, 7) is 0. The zero-order valence-electron chi connectivity index (χ0n) is 12.1. The van der Waals surface area contributed by atoms with Gasteiger partial charge in [0.15, 0.2) is 8.80 Å². The lowest BCUT2D eigenvalue weighted by atomic mass is 10.2. The van der Waals surface area contributed by atoms with Crippen LogP contribution in [0.15, 0.2) is 84.9 Å². The lowest BCUT2D eigenvalue weighted by Crippen LogP contribution is -2.51. The van der Waals surface area contributed by atoms with Gasteiger partial charge in [-0.2, -0.15) is 0 Å². The van der Waals surface area contributed by atoms with Crippen molar-refractivity contribution in [1.29, 1.82) is 0 Å². The second-order valence-corrected chi connectivity index (χ2v) is 7.53. The summed E-state index contributed by atoms with van der Waals surface area (Å²) < 4.78 is 0. The summed E-state index contributed by atoms with van der Waals surface area (Å²) >= 11 is 0. The Labute approximate surface area is 131 Å². The van der Waals surface area contributed by atoms with Gasteiger partial charge in [-0.25, -0.2) is 0 Å². The molecule has 3 aromatic rings. The molecule has 1 amide bonds. The number of hydrogen-bond donors (Lipinski definition) is 1. The highest BCUT2D eigenvalue weighted by atomic mass is 28.3. The van der Waals surface area contributed by atoms with E-state index < -0.39 is 8.80 Å². The smallest absolute Gasteiger partial charge is 0.248 e. The van der Waals surface area contributed by atoms with Crippen LogP contribution in [0.2, 0.25) is 0 Å². The molecule has 0 aliphatic rings. The highest BCUT2D eigenvalue weighted by molar-refractivity contribution is 6.95. The number of nitrogens with two attached hydrogens (primary N) is 1. The molecule has 0 aliphatic heterocycles. The van der Waals surface area contributed by atoms with Crippen LogP contribution in [0.4, 0.5) is 0 Å². The molecular weight excluding hydrogens is 286 g/mol. The molecule has 3 aromatic carbocycles. The van der Waals surface area contributed by atoms with E-state index in [1.165, 1.54) is 15.6 Å². The summed E-state index contributed by atoms with van der Waals surface area (Å²) in [5.41, 5.74) is 5.88. The fraction of sp³-hybridized carbons (Fsp3) is 0. The SMILES string of the molecule is NC(=O)c1ccc([Si](c2ccccc2)c2ccccc2)cc1. The third-order valence-corrected chi connectivity index (χ3v) is 6.32. The normalized spacial score (nSPS) is 10.6. The average molecular weight is 302 g/mol. The Kier molecular flexibility index (Phi) is 4.16. The molecule has 0 aliphatic carbocycles. The van der Waals surface area contributed by atoms with Gasteiger partial charge in [0, 0.05) is 5.56 Å². The molecule has 1 radical (unpaired) electrons. The third kappa shape index (κ3) is 2.99. The van der Waals surface area contributed by atoms with E-state index in [-0.39, 0.29) is 5.91 Å². The monoisotopic (exact) mass is 302 g/mol. The van der Waals surface area contributed by atoms with E-state index >= 15 is 0 Å². The van der Waals surface area contributed by atoms with E-state index in [2.05, 4.69) is 48.5 Å². The molecule has 0 atom stereocenters. The minimum Gasteiger partial charge on any atom is -0.366 e. The van der Waals surface area contributed by atoms with Gasteiger partial charge in [0.05, 0.1) is 0 Å². The van der Waals surface area contributed by atoms with Crippen molar-refractivity contribution in [3.8, 4) is 0 Å². The maximum absolute atomic E-state index is 11.3. The molecule has 2 N–H and O–H groups in total. The van der Waals surface area contributed by atoms with E-state index in [4.69, 9.17) is 5.73 Å². The molecule has 22 heavy (non-hydrogen) atoms. The van der Waals surface area contributed by atoms with Crippen molar-refractivity contribution in [3.63, 3.8) is 0 Å². The van der Waals surface area contributed by atoms with Crippen molar-refractivity contribution in [3.05, 3.63) is 90.5 Å². The standard InChI is InChI=1S/C19H16NOSi/c20-19(21)15-11-13-18(14-12-15)22(16-7-3-1-4-8-16)17-9-5-2-6-10-17/h1-14H,(H2,20,21). The van der Waals surface area contributed by atoms with E-state index in [0.29, 0.717) is 5.56 Å². The molecule has 3 rings (SSSR count). The maximum atomic E-state index is 11.3. The molecular formula is C19H16NOSi. The molecule has 0 saturated carbocycles. The molecule has 107 valence electrons. The lowest BCUT2D eigenvalue weighted by molar-refractivity contribution is 0.100. The van der Waals surface area contributed by atoms with Crippen molar-refractivity contribution in [1.82, 2.24) is 0 Å². The fourth-order valence-corrected chi connectivity index (χ4v) is 5.06. The second kappa shape index (κ2) is 6.41. The molecule has 0 fully saturated rings. The van der Waals surface area contributed by atoms with Gasteiger partial charge in [0.2, 0.25) is 5.91 Å². The third-order valence-electron chi connectivity index (χ3n) is 3.58. The molecule has 0 unspecified atom stereocenters. The van der Waals surface area contributed by atoms with Crippen LogP contribution in [0.5, 0.6) is 0 Å². The zero-order valence-corrected chi connectivity index (χ0v) is 13.1. The fourth-order valence-electron chi connectivity index (χ4n) is 2.51. The molecule has 0 heterocycles. The van der Waals surface area contributed by atoms with Gasteiger partial charge in [0.25, 0.3) is 0 Å². The van der Waals surface area contributed by atoms with Gasteiger partial charge in [-0.1, -0.05) is 88.4 Å². The summed E-state index contributed by atoms with van der Waals surface area (Å²) in [6.07, 6.45) is 0. The minimum atomic E-state index is -1.07. The topological polar surface area (TPSA) is 43.1 Å². The Hall–Kier alpha value is -2.65. The summed E-state index contributed by atoms with van der Waals surface area (Å²) in [4.78, 5) is 11.3. The summed E-state index contributed by atoms with van der Waals surface area (Å²) in [7, 11) is -1.07. The largest absolute Gasteiger partial charge is 0.366 e. The molecule has 0 aromatic heterocycles. The van der Waals surface area contributed by atoms with Crippen molar-refractivity contribution in [2.75, 3.05) is 0 Å².